The molecule has 1 amide bonds. The van der Waals surface area contributed by atoms with Crippen LogP contribution in [0.2, 0.25) is 0 Å². The third kappa shape index (κ3) is 6.58. The molecule has 0 fully saturated rings. The van der Waals surface area contributed by atoms with Crippen LogP contribution < -0.4 is 9.47 Å². The Morgan fingerprint density at radius 3 is 2.05 bits per heavy atom. The van der Waals surface area contributed by atoms with Crippen LogP contribution in [0.15, 0.2) is 48.7 Å². The molecule has 8 heteroatoms. The second-order valence-corrected chi connectivity index (χ2v) is 13.0. The van der Waals surface area contributed by atoms with Crippen LogP contribution >= 0.6 is 0 Å². The summed E-state index contributed by atoms with van der Waals surface area (Å²) in [5.74, 6) is 1.40. The number of carbonyl (C=O) groups is 2. The van der Waals surface area contributed by atoms with Gasteiger partial charge in [-0.15, -0.1) is 0 Å². The van der Waals surface area contributed by atoms with Gasteiger partial charge in [-0.05, 0) is 95.3 Å². The number of benzene rings is 2. The summed E-state index contributed by atoms with van der Waals surface area (Å²) in [4.78, 5) is 28.0. The van der Waals surface area contributed by atoms with Gasteiger partial charge in [0.15, 0.2) is 11.5 Å². The van der Waals surface area contributed by atoms with E-state index in [1.807, 2.05) is 78.1 Å². The van der Waals surface area contributed by atoms with Crippen molar-refractivity contribution < 1.29 is 28.5 Å². The Hall–Kier alpha value is -3.94. The number of hydrogen-bond acceptors (Lipinski definition) is 6. The Morgan fingerprint density at radius 2 is 1.50 bits per heavy atom. The van der Waals surface area contributed by atoms with Crippen LogP contribution in [0.4, 0.5) is 9.59 Å². The standard InChI is InChI=1S/C34H44N2O6/c1-21(2)29-25-19-23(22-15-17-35(18-16-22)31(37)41-33(3,4)5)11-13-26(25)36(32(38)42-34(6,7)8)30(29)24-12-14-27(39-9)28(20-24)40-10/h11-15,17,19-22H,16,18H2,1-10H3. The van der Waals surface area contributed by atoms with Crippen LogP contribution in [0.25, 0.3) is 22.2 Å². The van der Waals surface area contributed by atoms with Gasteiger partial charge in [0, 0.05) is 29.6 Å². The summed E-state index contributed by atoms with van der Waals surface area (Å²) in [7, 11) is 3.20. The fourth-order valence-electron chi connectivity index (χ4n) is 5.32. The van der Waals surface area contributed by atoms with E-state index in [9.17, 15) is 9.59 Å². The van der Waals surface area contributed by atoms with Crippen LogP contribution in [0.1, 0.15) is 84.8 Å². The molecule has 0 radical (unpaired) electrons. The monoisotopic (exact) mass is 576 g/mol. The number of allylic oxidation sites excluding steroid dienone is 1. The fraction of sp³-hybridized carbons (Fsp3) is 0.471. The summed E-state index contributed by atoms with van der Waals surface area (Å²) in [5.41, 5.74) is 3.30. The van der Waals surface area contributed by atoms with Crippen LogP contribution in [-0.4, -0.2) is 53.6 Å². The number of aromatic nitrogens is 1. The summed E-state index contributed by atoms with van der Waals surface area (Å²) in [6.07, 6.45) is 3.83. The zero-order valence-electron chi connectivity index (χ0n) is 26.5. The van der Waals surface area contributed by atoms with E-state index < -0.39 is 17.3 Å². The van der Waals surface area contributed by atoms with E-state index in [2.05, 4.69) is 26.0 Å². The van der Waals surface area contributed by atoms with E-state index in [4.69, 9.17) is 18.9 Å². The zero-order chi connectivity index (χ0) is 31.0. The van der Waals surface area contributed by atoms with Crippen molar-refractivity contribution in [1.82, 2.24) is 9.47 Å². The lowest BCUT2D eigenvalue weighted by molar-refractivity contribution is 0.0324. The molecule has 0 aliphatic carbocycles. The molecule has 226 valence electrons. The molecule has 2 aromatic carbocycles. The minimum atomic E-state index is -0.673. The van der Waals surface area contributed by atoms with E-state index >= 15 is 0 Å². The first-order chi connectivity index (χ1) is 19.6. The minimum absolute atomic E-state index is 0.0964. The van der Waals surface area contributed by atoms with Crippen molar-refractivity contribution >= 4 is 23.1 Å². The number of ether oxygens (including phenoxy) is 4. The molecule has 1 aliphatic rings. The van der Waals surface area contributed by atoms with Crippen LogP contribution in [0, 0.1) is 0 Å². The maximum atomic E-state index is 13.8. The Bertz CT molecular complexity index is 1500. The molecular formula is C34H44N2O6. The largest absolute Gasteiger partial charge is 0.493 e. The lowest BCUT2D eigenvalue weighted by atomic mass is 9.90. The smallest absolute Gasteiger partial charge is 0.419 e. The zero-order valence-corrected chi connectivity index (χ0v) is 26.5. The maximum Gasteiger partial charge on any atom is 0.419 e. The summed E-state index contributed by atoms with van der Waals surface area (Å²) in [6, 6.07) is 11.9. The van der Waals surface area contributed by atoms with Crippen LogP contribution in [-0.2, 0) is 9.47 Å². The summed E-state index contributed by atoms with van der Waals surface area (Å²) < 4.78 is 24.2. The molecular weight excluding hydrogens is 532 g/mol. The average molecular weight is 577 g/mol. The number of carbonyl (C=O) groups excluding carboxylic acids is 2. The molecule has 1 unspecified atom stereocenters. The first kappa shape index (κ1) is 31.0. The topological polar surface area (TPSA) is 79.2 Å². The van der Waals surface area contributed by atoms with Gasteiger partial charge in [-0.2, -0.15) is 0 Å². The first-order valence-electron chi connectivity index (χ1n) is 14.5. The highest BCUT2D eigenvalue weighted by Gasteiger charge is 2.30. The molecule has 0 saturated heterocycles. The molecule has 3 aromatic rings. The Kier molecular flexibility index (Phi) is 8.67. The molecule has 1 aromatic heterocycles. The maximum absolute atomic E-state index is 13.8. The van der Waals surface area contributed by atoms with Crippen molar-refractivity contribution in [3.05, 3.63) is 59.8 Å². The third-order valence-corrected chi connectivity index (χ3v) is 7.08. The van der Waals surface area contributed by atoms with Crippen molar-refractivity contribution in [1.29, 1.82) is 0 Å². The minimum Gasteiger partial charge on any atom is -0.493 e. The van der Waals surface area contributed by atoms with Crippen molar-refractivity contribution in [2.75, 3.05) is 20.8 Å². The molecule has 1 atom stereocenters. The van der Waals surface area contributed by atoms with E-state index in [-0.39, 0.29) is 17.9 Å². The predicted molar refractivity (Wildman–Crippen MR) is 166 cm³/mol. The highest BCUT2D eigenvalue weighted by molar-refractivity contribution is 6.00. The van der Waals surface area contributed by atoms with Crippen molar-refractivity contribution in [2.24, 2.45) is 0 Å². The highest BCUT2D eigenvalue weighted by Crippen LogP contribution is 2.43. The quantitative estimate of drug-likeness (QED) is 0.303. The van der Waals surface area contributed by atoms with Gasteiger partial charge in [0.25, 0.3) is 0 Å². The molecule has 8 nitrogen and oxygen atoms in total. The van der Waals surface area contributed by atoms with Gasteiger partial charge in [0.1, 0.15) is 11.2 Å². The molecule has 0 N–H and O–H groups in total. The number of nitrogens with zero attached hydrogens (tertiary/aromatic N) is 2. The third-order valence-electron chi connectivity index (χ3n) is 7.08. The lowest BCUT2D eigenvalue weighted by Crippen LogP contribution is -2.36. The van der Waals surface area contributed by atoms with Crippen molar-refractivity contribution in [3.8, 4) is 22.8 Å². The molecule has 0 saturated carbocycles. The molecule has 0 bridgehead atoms. The Balaban J connectivity index is 1.86. The average Bonchev–Trinajstić information content (AvgIpc) is 3.26. The number of rotatable bonds is 5. The van der Waals surface area contributed by atoms with E-state index in [1.54, 1.807) is 23.7 Å². The van der Waals surface area contributed by atoms with Crippen molar-refractivity contribution in [2.45, 2.75) is 84.8 Å². The Morgan fingerprint density at radius 1 is 0.857 bits per heavy atom. The summed E-state index contributed by atoms with van der Waals surface area (Å²) >= 11 is 0. The second kappa shape index (κ2) is 11.7. The first-order valence-corrected chi connectivity index (χ1v) is 14.5. The van der Waals surface area contributed by atoms with E-state index in [0.29, 0.717) is 18.0 Å². The lowest BCUT2D eigenvalue weighted by Gasteiger charge is -2.29. The van der Waals surface area contributed by atoms with Crippen LogP contribution in [0.3, 0.4) is 0 Å². The van der Waals surface area contributed by atoms with Gasteiger partial charge in [-0.1, -0.05) is 26.0 Å². The van der Waals surface area contributed by atoms with Gasteiger partial charge in [0.05, 0.1) is 25.4 Å². The predicted octanol–water partition coefficient (Wildman–Crippen LogP) is 8.47. The summed E-state index contributed by atoms with van der Waals surface area (Å²) in [6.45, 7) is 16.0. The molecule has 1 aliphatic heterocycles. The van der Waals surface area contributed by atoms with Gasteiger partial charge >= 0.3 is 12.2 Å². The van der Waals surface area contributed by atoms with Gasteiger partial charge in [-0.25, -0.2) is 14.2 Å². The normalized spacial score (nSPS) is 15.7. The number of amides is 1. The molecule has 0 spiro atoms. The molecule has 4 rings (SSSR count). The number of methoxy groups -OCH3 is 2. The fourth-order valence-corrected chi connectivity index (χ4v) is 5.32. The summed E-state index contributed by atoms with van der Waals surface area (Å²) in [5, 5.41) is 0.987. The number of fused-ring (bicyclic) bond motifs is 1. The van der Waals surface area contributed by atoms with E-state index in [1.165, 1.54) is 0 Å². The molecule has 2 heterocycles. The van der Waals surface area contributed by atoms with Crippen LogP contribution in [0.5, 0.6) is 11.5 Å². The second-order valence-electron chi connectivity index (χ2n) is 13.0. The van der Waals surface area contributed by atoms with Gasteiger partial charge in [0.2, 0.25) is 0 Å². The van der Waals surface area contributed by atoms with Gasteiger partial charge < -0.3 is 18.9 Å². The molecule has 42 heavy (non-hydrogen) atoms. The SMILES string of the molecule is COc1ccc(-c2c(C(C)C)c3cc(C4C=CN(C(=O)OC(C)(C)C)CC4)ccc3n2C(=O)OC(C)(C)C)cc1OC. The number of hydrogen-bond donors (Lipinski definition) is 0. The van der Waals surface area contributed by atoms with Crippen molar-refractivity contribution in [3.63, 3.8) is 0 Å². The highest BCUT2D eigenvalue weighted by atomic mass is 16.6. The van der Waals surface area contributed by atoms with E-state index in [0.717, 1.165) is 39.7 Å². The van der Waals surface area contributed by atoms with Gasteiger partial charge in [-0.3, -0.25) is 4.90 Å². The Labute approximate surface area is 249 Å².